The molecular weight excluding hydrogens is 272 g/mol. The first-order valence-corrected chi connectivity index (χ1v) is 9.47. The predicted octanol–water partition coefficient (Wildman–Crippen LogP) is 4.78. The topological polar surface area (TPSA) is 40.5 Å². The van der Waals surface area contributed by atoms with Gasteiger partial charge in [0.25, 0.3) is 0 Å². The van der Waals surface area contributed by atoms with Crippen LogP contribution in [-0.2, 0) is 0 Å². The molecule has 0 aromatic carbocycles. The van der Waals surface area contributed by atoms with Crippen molar-refractivity contribution in [3.05, 3.63) is 0 Å². The molecule has 0 spiro atoms. The summed E-state index contributed by atoms with van der Waals surface area (Å²) in [5.74, 6) is 1.70. The molecule has 2 fully saturated rings. The molecule has 1 unspecified atom stereocenters. The molecule has 0 radical (unpaired) electrons. The van der Waals surface area contributed by atoms with Gasteiger partial charge in [-0.25, -0.2) is 0 Å². The average Bonchev–Trinajstić information content (AvgIpc) is 2.36. The summed E-state index contributed by atoms with van der Waals surface area (Å²) in [5, 5.41) is 20.2. The van der Waals surface area contributed by atoms with E-state index in [1.807, 2.05) is 0 Å². The third-order valence-electron chi connectivity index (χ3n) is 7.33. The van der Waals surface area contributed by atoms with Crippen molar-refractivity contribution in [1.82, 2.24) is 0 Å². The molecule has 0 saturated heterocycles. The standard InChI is InChI=1S/C20H38O2/c1-15(10-14-21)7-8-17-19(4)12-6-11-18(2,3)16(19)9-13-20(17,5)22/h15-17,21-22H,6-14H2,1-5H3/t15-,16?,17-,19+,20-/m1/s1. The minimum atomic E-state index is -0.516. The fourth-order valence-electron chi connectivity index (χ4n) is 6.08. The van der Waals surface area contributed by atoms with Gasteiger partial charge in [-0.2, -0.15) is 0 Å². The molecule has 2 N–H and O–H groups in total. The third-order valence-corrected chi connectivity index (χ3v) is 7.33. The molecule has 2 nitrogen and oxygen atoms in total. The van der Waals surface area contributed by atoms with E-state index in [4.69, 9.17) is 5.11 Å². The summed E-state index contributed by atoms with van der Waals surface area (Å²) < 4.78 is 0. The zero-order valence-electron chi connectivity index (χ0n) is 15.5. The first kappa shape index (κ1) is 18.3. The summed E-state index contributed by atoms with van der Waals surface area (Å²) in [4.78, 5) is 0. The molecule has 0 aromatic heterocycles. The van der Waals surface area contributed by atoms with Crippen LogP contribution in [0.25, 0.3) is 0 Å². The first-order valence-electron chi connectivity index (χ1n) is 9.47. The lowest BCUT2D eigenvalue weighted by Crippen LogP contribution is -2.57. The molecular formula is C20H38O2. The zero-order valence-corrected chi connectivity index (χ0v) is 15.5. The summed E-state index contributed by atoms with van der Waals surface area (Å²) in [6, 6.07) is 0. The largest absolute Gasteiger partial charge is 0.396 e. The van der Waals surface area contributed by atoms with Gasteiger partial charge in [0.15, 0.2) is 0 Å². The minimum Gasteiger partial charge on any atom is -0.396 e. The van der Waals surface area contributed by atoms with E-state index in [1.54, 1.807) is 0 Å². The van der Waals surface area contributed by atoms with E-state index in [2.05, 4.69) is 34.6 Å². The van der Waals surface area contributed by atoms with Crippen molar-refractivity contribution in [3.8, 4) is 0 Å². The summed E-state index contributed by atoms with van der Waals surface area (Å²) in [7, 11) is 0. The molecule has 0 bridgehead atoms. The lowest BCUT2D eigenvalue weighted by molar-refractivity contribution is -0.170. The van der Waals surface area contributed by atoms with Gasteiger partial charge in [0.1, 0.15) is 0 Å². The number of hydrogen-bond acceptors (Lipinski definition) is 2. The second-order valence-corrected chi connectivity index (χ2v) is 9.54. The second-order valence-electron chi connectivity index (χ2n) is 9.54. The van der Waals surface area contributed by atoms with Crippen molar-refractivity contribution in [3.63, 3.8) is 0 Å². The van der Waals surface area contributed by atoms with Crippen molar-refractivity contribution >= 4 is 0 Å². The van der Waals surface area contributed by atoms with Crippen LogP contribution in [0.4, 0.5) is 0 Å². The number of aliphatic hydroxyl groups is 2. The Bertz CT molecular complexity index is 374. The van der Waals surface area contributed by atoms with Gasteiger partial charge in [-0.05, 0) is 74.0 Å². The summed E-state index contributed by atoms with van der Waals surface area (Å²) in [5.41, 5.74) is 0.179. The highest BCUT2D eigenvalue weighted by atomic mass is 16.3. The van der Waals surface area contributed by atoms with Crippen molar-refractivity contribution in [2.24, 2.45) is 28.6 Å². The van der Waals surface area contributed by atoms with E-state index in [1.165, 1.54) is 25.7 Å². The smallest absolute Gasteiger partial charge is 0.0653 e. The number of fused-ring (bicyclic) bond motifs is 1. The van der Waals surface area contributed by atoms with E-state index in [0.29, 0.717) is 17.3 Å². The molecule has 22 heavy (non-hydrogen) atoms. The second kappa shape index (κ2) is 6.43. The lowest BCUT2D eigenvalue weighted by atomic mass is 9.45. The van der Waals surface area contributed by atoms with E-state index < -0.39 is 5.60 Å². The van der Waals surface area contributed by atoms with Crippen LogP contribution in [0.5, 0.6) is 0 Å². The SMILES string of the molecule is C[C@@H](CCO)CC[C@@H]1[C@@]2(C)CCCC(C)(C)C2CC[C@@]1(C)O. The van der Waals surface area contributed by atoms with Crippen LogP contribution < -0.4 is 0 Å². The fourth-order valence-corrected chi connectivity index (χ4v) is 6.08. The van der Waals surface area contributed by atoms with E-state index in [0.717, 1.165) is 31.6 Å². The van der Waals surface area contributed by atoms with Crippen molar-refractivity contribution in [2.75, 3.05) is 6.61 Å². The minimum absolute atomic E-state index is 0.280. The van der Waals surface area contributed by atoms with Crippen LogP contribution in [0.3, 0.4) is 0 Å². The van der Waals surface area contributed by atoms with Crippen molar-refractivity contribution < 1.29 is 10.2 Å². The first-order chi connectivity index (χ1) is 10.1. The highest BCUT2D eigenvalue weighted by Gasteiger charge is 2.57. The molecule has 2 aliphatic carbocycles. The fraction of sp³-hybridized carbons (Fsp3) is 1.00. The summed E-state index contributed by atoms with van der Waals surface area (Å²) >= 11 is 0. The Morgan fingerprint density at radius 2 is 1.73 bits per heavy atom. The predicted molar refractivity (Wildman–Crippen MR) is 92.7 cm³/mol. The van der Waals surface area contributed by atoms with Gasteiger partial charge >= 0.3 is 0 Å². The van der Waals surface area contributed by atoms with Gasteiger partial charge in [0, 0.05) is 6.61 Å². The van der Waals surface area contributed by atoms with E-state index in [-0.39, 0.29) is 12.0 Å². The molecule has 0 heterocycles. The highest BCUT2D eigenvalue weighted by molar-refractivity contribution is 5.07. The monoisotopic (exact) mass is 310 g/mol. The average molecular weight is 311 g/mol. The maximum Gasteiger partial charge on any atom is 0.0653 e. The van der Waals surface area contributed by atoms with Gasteiger partial charge in [0.05, 0.1) is 5.60 Å². The third kappa shape index (κ3) is 3.38. The van der Waals surface area contributed by atoms with E-state index in [9.17, 15) is 5.11 Å². The van der Waals surface area contributed by atoms with Gasteiger partial charge in [-0.15, -0.1) is 0 Å². The van der Waals surface area contributed by atoms with Crippen LogP contribution in [0.15, 0.2) is 0 Å². The Balaban J connectivity index is 2.19. The number of hydrogen-bond donors (Lipinski definition) is 2. The van der Waals surface area contributed by atoms with Crippen LogP contribution >= 0.6 is 0 Å². The van der Waals surface area contributed by atoms with Crippen molar-refractivity contribution in [1.29, 1.82) is 0 Å². The summed E-state index contributed by atoms with van der Waals surface area (Å²) in [6.07, 6.45) is 9.18. The molecule has 2 saturated carbocycles. The molecule has 2 heteroatoms. The number of aliphatic hydroxyl groups excluding tert-OH is 1. The maximum absolute atomic E-state index is 11.1. The molecule has 5 atom stereocenters. The van der Waals surface area contributed by atoms with Gasteiger partial charge in [-0.3, -0.25) is 0 Å². The zero-order chi connectivity index (χ0) is 16.6. The Morgan fingerprint density at radius 3 is 2.36 bits per heavy atom. The van der Waals surface area contributed by atoms with Gasteiger partial charge in [-0.1, -0.05) is 40.5 Å². The molecule has 0 aromatic rings. The van der Waals surface area contributed by atoms with Crippen LogP contribution in [0.2, 0.25) is 0 Å². The summed E-state index contributed by atoms with van der Waals surface area (Å²) in [6.45, 7) is 12.0. The molecule has 0 amide bonds. The molecule has 130 valence electrons. The molecule has 0 aliphatic heterocycles. The van der Waals surface area contributed by atoms with Crippen LogP contribution in [0.1, 0.15) is 86.0 Å². The Hall–Kier alpha value is -0.0800. The molecule has 2 rings (SSSR count). The quantitative estimate of drug-likeness (QED) is 0.767. The molecule has 2 aliphatic rings. The Kier molecular flexibility index (Phi) is 5.34. The lowest BCUT2D eigenvalue weighted by Gasteiger charge is -2.61. The van der Waals surface area contributed by atoms with Crippen molar-refractivity contribution in [2.45, 2.75) is 91.6 Å². The van der Waals surface area contributed by atoms with Crippen LogP contribution in [0, 0.1) is 28.6 Å². The van der Waals surface area contributed by atoms with Gasteiger partial charge < -0.3 is 10.2 Å². The van der Waals surface area contributed by atoms with Crippen LogP contribution in [-0.4, -0.2) is 22.4 Å². The normalized spacial score (nSPS) is 42.7. The van der Waals surface area contributed by atoms with E-state index >= 15 is 0 Å². The Morgan fingerprint density at radius 1 is 1.05 bits per heavy atom. The highest BCUT2D eigenvalue weighted by Crippen LogP contribution is 2.63. The number of rotatable bonds is 5. The maximum atomic E-state index is 11.1. The Labute approximate surface area is 137 Å². The van der Waals surface area contributed by atoms with Gasteiger partial charge in [0.2, 0.25) is 0 Å².